The Hall–Kier alpha value is 2.00. The first-order chi connectivity index (χ1) is 0. The van der Waals surface area contributed by atoms with Crippen LogP contribution in [0.1, 0.15) is 0 Å². The van der Waals surface area contributed by atoms with E-state index in [-0.39, 0.29) is 79.6 Å². The fourth-order valence-corrected chi connectivity index (χ4v) is 0. The van der Waals surface area contributed by atoms with Crippen LogP contribution in [-0.2, 0) is 42.3 Å². The summed E-state index contributed by atoms with van der Waals surface area (Å²) < 4.78 is 0. The number of hydrogen-bond donors (Lipinski definition) is 0. The van der Waals surface area contributed by atoms with Gasteiger partial charge >= 0.3 is 63.1 Å². The Kier molecular flexibility index (Phi) is 474. The molecule has 0 saturated heterocycles. The summed E-state index contributed by atoms with van der Waals surface area (Å²) >= 11 is 0. The molecule has 5 heteroatoms. The summed E-state index contributed by atoms with van der Waals surface area (Å²) in [5, 5.41) is 0. The van der Waals surface area contributed by atoms with Gasteiger partial charge < -0.3 is 16.4 Å². The molecule has 0 N–H and O–H groups in total. The van der Waals surface area contributed by atoms with E-state index in [1.165, 1.54) is 0 Å². The molecule has 5 heavy (non-hydrogen) atoms. The van der Waals surface area contributed by atoms with Gasteiger partial charge in [0, 0.05) is 0 Å². The minimum atomic E-state index is 0. The fourth-order valence-electron chi connectivity index (χ4n) is 0. The van der Waals surface area contributed by atoms with Crippen molar-refractivity contribution in [2.45, 2.75) is 0 Å². The van der Waals surface area contributed by atoms with Gasteiger partial charge in [0.15, 0.2) is 0 Å². The number of hydrogen-bond acceptors (Lipinski definition) is 0. The second-order valence-electron chi connectivity index (χ2n) is 0. The van der Waals surface area contributed by atoms with Crippen LogP contribution in [0.5, 0.6) is 0 Å². The van der Waals surface area contributed by atoms with E-state index in [2.05, 4.69) is 0 Å². The first-order valence-corrected chi connectivity index (χ1v) is 0. The van der Waals surface area contributed by atoms with Gasteiger partial charge in [-0.05, 0) is 0 Å². The predicted octanol–water partition coefficient (Wildman–Crippen LogP) is -0.359. The van der Waals surface area contributed by atoms with Crippen LogP contribution in [0.15, 0.2) is 0 Å². The molecule has 3 nitrogen and oxygen atoms in total. The van der Waals surface area contributed by atoms with Crippen molar-refractivity contribution in [3.8, 4) is 0 Å². The first-order valence-electron chi connectivity index (χ1n) is 0. The van der Waals surface area contributed by atoms with Gasteiger partial charge in [0.25, 0.3) is 0 Å². The zero-order chi connectivity index (χ0) is 0. The molecule has 0 aliphatic carbocycles. The molecule has 33 valence electrons. The molecule has 0 aromatic heterocycles. The smallest absolute Gasteiger partial charge is 2.00 e. The van der Waals surface area contributed by atoms with Crippen LogP contribution in [-0.4, -0.2) is 0 Å². The van der Waals surface area contributed by atoms with Crippen LogP contribution in [0.2, 0.25) is 0 Å². The van der Waals surface area contributed by atoms with Crippen LogP contribution >= 0.6 is 0 Å². The van der Waals surface area contributed by atoms with Crippen molar-refractivity contribution in [2.24, 2.45) is 0 Å². The first kappa shape index (κ1) is 63.1. The number of rotatable bonds is 0. The van der Waals surface area contributed by atoms with Crippen molar-refractivity contribution >= 4 is 0 Å². The van der Waals surface area contributed by atoms with E-state index in [1.54, 1.807) is 0 Å². The molecule has 0 bridgehead atoms. The third-order valence-electron chi connectivity index (χ3n) is 0. The molecule has 0 aromatic rings. The molecule has 0 amide bonds. The maximum Gasteiger partial charge on any atom is 3.00 e. The van der Waals surface area contributed by atoms with Gasteiger partial charge in [-0.25, -0.2) is 0 Å². The maximum absolute atomic E-state index is 0. The standard InChI is InChI=1S/Er.3O.Sc/q+3;3*-2;+3. The molecule has 0 aromatic carbocycles. The van der Waals surface area contributed by atoms with Crippen molar-refractivity contribution in [3.63, 3.8) is 0 Å². The quantitative estimate of drug-likeness (QED) is 0.569. The Balaban J connectivity index is 0. The van der Waals surface area contributed by atoms with Crippen LogP contribution in [0.25, 0.3) is 0 Å². The van der Waals surface area contributed by atoms with E-state index in [0.29, 0.717) is 0 Å². The molecule has 0 spiro atoms. The van der Waals surface area contributed by atoms with Gasteiger partial charge in [0.05, 0.1) is 0 Å². The minimum Gasteiger partial charge on any atom is -2.00 e. The summed E-state index contributed by atoms with van der Waals surface area (Å²) in [6, 6.07) is 0. The zero-order valence-electron chi connectivity index (χ0n) is 2.09. The van der Waals surface area contributed by atoms with Crippen molar-refractivity contribution < 1.29 is 79.6 Å². The molecule has 0 aliphatic heterocycles. The summed E-state index contributed by atoms with van der Waals surface area (Å²) in [7, 11) is 0. The zero-order valence-corrected chi connectivity index (χ0v) is 5.75. The van der Waals surface area contributed by atoms with Crippen molar-refractivity contribution in [1.29, 1.82) is 0 Å². The minimum absolute atomic E-state index is 0. The molecule has 0 saturated carbocycles. The van der Waals surface area contributed by atoms with Gasteiger partial charge in [-0.3, -0.25) is 0 Å². The van der Waals surface area contributed by atoms with Crippen molar-refractivity contribution in [1.82, 2.24) is 0 Å². The molecular formula is ErO3Sc. The van der Waals surface area contributed by atoms with E-state index < -0.39 is 0 Å². The average molecular weight is 260 g/mol. The van der Waals surface area contributed by atoms with Crippen molar-refractivity contribution in [2.75, 3.05) is 0 Å². The van der Waals surface area contributed by atoms with E-state index in [0.717, 1.165) is 0 Å². The van der Waals surface area contributed by atoms with Gasteiger partial charge in [0.1, 0.15) is 0 Å². The average Bonchev–Trinajstić information content (AvgIpc) is 0. The Labute approximate surface area is 78.4 Å². The molecule has 0 unspecified atom stereocenters. The maximum atomic E-state index is 0. The molecular weight excluding hydrogens is 260 g/mol. The predicted molar refractivity (Wildman–Crippen MR) is 2.06 cm³/mol. The van der Waals surface area contributed by atoms with Crippen molar-refractivity contribution in [3.05, 3.63) is 0 Å². The SMILES string of the molecule is [Er+3].[O-2].[O-2].[O-2].[Sc+3]. The summed E-state index contributed by atoms with van der Waals surface area (Å²) in [6.45, 7) is 0. The second kappa shape index (κ2) is 37.6. The van der Waals surface area contributed by atoms with Gasteiger partial charge in [0.2, 0.25) is 0 Å². The Bertz CT molecular complexity index is 6.85. The monoisotopic (exact) mass is 259 g/mol. The molecule has 0 aliphatic rings. The summed E-state index contributed by atoms with van der Waals surface area (Å²) in [4.78, 5) is 0. The second-order valence-corrected chi connectivity index (χ2v) is 0. The van der Waals surface area contributed by atoms with Gasteiger partial charge in [-0.15, -0.1) is 0 Å². The molecule has 0 rings (SSSR count). The van der Waals surface area contributed by atoms with E-state index in [4.69, 9.17) is 0 Å². The van der Waals surface area contributed by atoms with Crippen LogP contribution in [0.4, 0.5) is 0 Å². The topological polar surface area (TPSA) is 85.5 Å². The summed E-state index contributed by atoms with van der Waals surface area (Å²) in [6.07, 6.45) is 0. The Morgan fingerprint density at radius 3 is 0.600 bits per heavy atom. The van der Waals surface area contributed by atoms with Crippen LogP contribution in [0, 0.1) is 37.3 Å². The molecule has 0 atom stereocenters. The molecule has 0 fully saturated rings. The van der Waals surface area contributed by atoms with Gasteiger partial charge in [-0.1, -0.05) is 0 Å². The van der Waals surface area contributed by atoms with Crippen LogP contribution < -0.4 is 0 Å². The molecule has 1 radical (unpaired) electrons. The third kappa shape index (κ3) is 24.0. The fraction of sp³-hybridized carbons (Fsp3) is 0. The Morgan fingerprint density at radius 1 is 0.600 bits per heavy atom. The van der Waals surface area contributed by atoms with E-state index in [1.807, 2.05) is 0 Å². The van der Waals surface area contributed by atoms with Gasteiger partial charge in [-0.2, -0.15) is 0 Å². The summed E-state index contributed by atoms with van der Waals surface area (Å²) in [5.41, 5.74) is 0. The molecule has 0 heterocycles. The summed E-state index contributed by atoms with van der Waals surface area (Å²) in [5.74, 6) is 0. The van der Waals surface area contributed by atoms with E-state index in [9.17, 15) is 0 Å². The largest absolute Gasteiger partial charge is 3.00 e. The van der Waals surface area contributed by atoms with Crippen LogP contribution in [0.3, 0.4) is 0 Å². The third-order valence-corrected chi connectivity index (χ3v) is 0. The normalized spacial score (nSPS) is 0. The van der Waals surface area contributed by atoms with E-state index >= 15 is 0 Å². The Morgan fingerprint density at radius 2 is 0.600 bits per heavy atom.